The first-order chi connectivity index (χ1) is 22.6. The van der Waals surface area contributed by atoms with E-state index in [1.807, 2.05) is 0 Å². The van der Waals surface area contributed by atoms with Gasteiger partial charge in [-0.05, 0) is 19.9 Å². The monoisotopic (exact) mass is 704 g/mol. The third kappa shape index (κ3) is 6.22. The molecule has 19 heteroatoms. The Morgan fingerprint density at radius 2 is 1.57 bits per heavy atom. The summed E-state index contributed by atoms with van der Waals surface area (Å²) >= 11 is 0. The first-order valence-electron chi connectivity index (χ1n) is 14.4. The number of phenols is 2. The minimum atomic E-state index is -5.40. The van der Waals surface area contributed by atoms with E-state index >= 15 is 0 Å². The van der Waals surface area contributed by atoms with Gasteiger partial charge in [-0.15, -0.1) is 0 Å². The van der Waals surface area contributed by atoms with Gasteiger partial charge < -0.3 is 40.5 Å². The lowest BCUT2D eigenvalue weighted by Gasteiger charge is -2.42. The highest BCUT2D eigenvalue weighted by molar-refractivity contribution is 6.32. The molecule has 5 rings (SSSR count). The average molecular weight is 705 g/mol. The molecule has 1 saturated heterocycles. The number of phenolic OH excluding ortho intramolecular Hbond substituents is 2. The summed E-state index contributed by atoms with van der Waals surface area (Å²) in [6, 6.07) is 1.33. The number of ketones is 3. The molecule has 3 aliphatic rings. The molecule has 1 heterocycles. The number of carbonyl (C=O) groups is 5. The van der Waals surface area contributed by atoms with E-state index < -0.39 is 148 Å². The molecule has 2 aromatic carbocycles. The Morgan fingerprint density at radius 3 is 2.16 bits per heavy atom. The van der Waals surface area contributed by atoms with Crippen molar-refractivity contribution < 1.29 is 80.2 Å². The molecule has 0 spiro atoms. The van der Waals surface area contributed by atoms with Crippen LogP contribution < -0.4 is 10.6 Å². The van der Waals surface area contributed by atoms with Crippen LogP contribution in [0, 0.1) is 0 Å². The molecule has 0 radical (unpaired) electrons. The van der Waals surface area contributed by atoms with E-state index in [0.717, 1.165) is 25.1 Å². The van der Waals surface area contributed by atoms with Crippen molar-refractivity contribution in [2.24, 2.45) is 0 Å². The molecule has 0 saturated carbocycles. The number of anilines is 1. The average Bonchev–Trinajstić information content (AvgIpc) is 2.98. The molecule has 1 aliphatic heterocycles. The van der Waals surface area contributed by atoms with Crippen LogP contribution in [-0.2, 0) is 30.3 Å². The summed E-state index contributed by atoms with van der Waals surface area (Å²) in [7, 11) is 0. The van der Waals surface area contributed by atoms with Crippen LogP contribution in [0.15, 0.2) is 18.2 Å². The maximum atomic E-state index is 13.8. The summed E-state index contributed by atoms with van der Waals surface area (Å²) in [5.74, 6) is -10.3. The van der Waals surface area contributed by atoms with Crippen molar-refractivity contribution in [1.29, 1.82) is 0 Å². The summed E-state index contributed by atoms with van der Waals surface area (Å²) in [5, 5.41) is 47.7. The number of aliphatic hydroxyl groups excluding tert-OH is 1. The second-order valence-electron chi connectivity index (χ2n) is 11.8. The number of ether oxygens (including phenoxy) is 2. The molecule has 264 valence electrons. The lowest BCUT2D eigenvalue weighted by atomic mass is 9.72. The van der Waals surface area contributed by atoms with Crippen molar-refractivity contribution in [3.63, 3.8) is 0 Å². The number of carbonyl (C=O) groups excluding carboxylic acids is 5. The van der Waals surface area contributed by atoms with E-state index in [-0.39, 0.29) is 0 Å². The number of amides is 2. The molecule has 1 unspecified atom stereocenters. The molecule has 0 aromatic heterocycles. The van der Waals surface area contributed by atoms with Crippen molar-refractivity contribution in [3.05, 3.63) is 51.6 Å². The number of rotatable bonds is 5. The molecular weight excluding hydrogens is 678 g/mol. The lowest BCUT2D eigenvalue weighted by Crippen LogP contribution is -2.57. The van der Waals surface area contributed by atoms with Gasteiger partial charge in [-0.1, -0.05) is 12.1 Å². The van der Waals surface area contributed by atoms with Crippen LogP contribution in [0.1, 0.15) is 75.8 Å². The SMILES string of the molecule is CC(=O)[C@]1(O)Cc2c(O)c3c(c(O)c2[C@@H](OC2C[C@H](NC(=O)C(F)(F)F)[C@H](O)[C@H](C)O2)C1)C(=O)c1c(NC(=O)C(F)(F)F)cccc1C3=O. The Morgan fingerprint density at radius 1 is 0.959 bits per heavy atom. The number of alkyl halides is 6. The van der Waals surface area contributed by atoms with Crippen LogP contribution in [-0.4, -0.2) is 92.1 Å². The maximum absolute atomic E-state index is 13.8. The Kier molecular flexibility index (Phi) is 8.80. The van der Waals surface area contributed by atoms with Crippen molar-refractivity contribution in [2.75, 3.05) is 5.32 Å². The molecule has 13 nitrogen and oxygen atoms in total. The quantitative estimate of drug-likeness (QED) is 0.168. The van der Waals surface area contributed by atoms with Crippen LogP contribution in [0.2, 0.25) is 0 Å². The molecular formula is C30H26F6N2O11. The zero-order valence-corrected chi connectivity index (χ0v) is 25.2. The third-order valence-corrected chi connectivity index (χ3v) is 8.65. The summed E-state index contributed by atoms with van der Waals surface area (Å²) in [4.78, 5) is 63.3. The van der Waals surface area contributed by atoms with Gasteiger partial charge in [-0.3, -0.25) is 24.0 Å². The molecule has 2 aliphatic carbocycles. The second-order valence-corrected chi connectivity index (χ2v) is 11.8. The molecule has 2 aromatic rings. The van der Waals surface area contributed by atoms with Gasteiger partial charge in [0, 0.05) is 36.0 Å². The summed E-state index contributed by atoms with van der Waals surface area (Å²) in [6.07, 6.45) is -19.1. The highest BCUT2D eigenvalue weighted by atomic mass is 19.4. The number of nitrogens with one attached hydrogen (secondary N) is 2. The Hall–Kier alpha value is -4.59. The van der Waals surface area contributed by atoms with E-state index in [0.29, 0.717) is 0 Å². The smallest absolute Gasteiger partial charge is 0.471 e. The first-order valence-corrected chi connectivity index (χ1v) is 14.4. The number of aromatic hydroxyl groups is 2. The number of fused-ring (bicyclic) bond motifs is 3. The Labute approximate surface area is 270 Å². The van der Waals surface area contributed by atoms with Crippen LogP contribution in [0.4, 0.5) is 32.0 Å². The highest BCUT2D eigenvalue weighted by Crippen LogP contribution is 2.52. The summed E-state index contributed by atoms with van der Waals surface area (Å²) < 4.78 is 89.3. The minimum absolute atomic E-state index is 0.456. The molecule has 1 fully saturated rings. The fraction of sp³-hybridized carbons (Fsp3) is 0.433. The van der Waals surface area contributed by atoms with Crippen LogP contribution in [0.3, 0.4) is 0 Å². The van der Waals surface area contributed by atoms with Crippen LogP contribution in [0.5, 0.6) is 11.5 Å². The van der Waals surface area contributed by atoms with Gasteiger partial charge in [0.15, 0.2) is 23.6 Å². The van der Waals surface area contributed by atoms with Crippen molar-refractivity contribution in [3.8, 4) is 11.5 Å². The molecule has 49 heavy (non-hydrogen) atoms. The maximum Gasteiger partial charge on any atom is 0.471 e. The van der Waals surface area contributed by atoms with Gasteiger partial charge in [-0.2, -0.15) is 26.3 Å². The first kappa shape index (κ1) is 35.7. The highest BCUT2D eigenvalue weighted by Gasteiger charge is 2.50. The zero-order valence-electron chi connectivity index (χ0n) is 25.2. The van der Waals surface area contributed by atoms with Gasteiger partial charge in [-0.25, -0.2) is 0 Å². The molecule has 2 amide bonds. The number of hydrogen-bond acceptors (Lipinski definition) is 11. The number of halogens is 6. The second kappa shape index (κ2) is 12.1. The summed E-state index contributed by atoms with van der Waals surface area (Å²) in [6.45, 7) is 2.20. The predicted octanol–water partition coefficient (Wildman–Crippen LogP) is 2.24. The summed E-state index contributed by atoms with van der Waals surface area (Å²) in [5.41, 5.74) is -7.13. The Bertz CT molecular complexity index is 1790. The number of benzene rings is 2. The third-order valence-electron chi connectivity index (χ3n) is 8.65. The van der Waals surface area contributed by atoms with E-state index in [1.165, 1.54) is 12.2 Å². The van der Waals surface area contributed by atoms with Gasteiger partial charge >= 0.3 is 24.2 Å². The molecule has 0 bridgehead atoms. The fourth-order valence-electron chi connectivity index (χ4n) is 6.18. The topological polar surface area (TPSA) is 209 Å². The van der Waals surface area contributed by atoms with Gasteiger partial charge in [0.05, 0.1) is 40.6 Å². The standard InChI is InChI=1S/C30H26F6N2O11/c1-9-21(40)14(38-27(46)30(34,35)36)6-16(48-9)49-15-8-28(47,10(2)39)7-12-18(15)25(44)20-19(23(12)42)22(41)11-4-3-5-13(17(11)24(20)43)37-26(45)29(31,32)33/h3-5,9,14-16,21,40,42,44,47H,6-8H2,1-2H3,(H,37,45)(H,38,46)/t9-,14-,15-,16?,21+,28-/m0/s1. The van der Waals surface area contributed by atoms with Crippen molar-refractivity contribution in [2.45, 2.75) is 81.7 Å². The molecule has 6 atom stereocenters. The predicted molar refractivity (Wildman–Crippen MR) is 148 cm³/mol. The zero-order chi connectivity index (χ0) is 36.5. The van der Waals surface area contributed by atoms with Crippen molar-refractivity contribution in [1.82, 2.24) is 5.32 Å². The Balaban J connectivity index is 1.60. The van der Waals surface area contributed by atoms with E-state index in [1.54, 1.807) is 5.32 Å². The van der Waals surface area contributed by atoms with Gasteiger partial charge in [0.25, 0.3) is 0 Å². The number of aliphatic hydroxyl groups is 2. The van der Waals surface area contributed by atoms with E-state index in [2.05, 4.69) is 0 Å². The van der Waals surface area contributed by atoms with E-state index in [9.17, 15) is 70.7 Å². The minimum Gasteiger partial charge on any atom is -0.507 e. The number of Topliss-reactive ketones (excluding diaryl/α,β-unsaturated/α-hetero) is 1. The van der Waals surface area contributed by atoms with Crippen LogP contribution in [0.25, 0.3) is 0 Å². The van der Waals surface area contributed by atoms with Crippen LogP contribution >= 0.6 is 0 Å². The van der Waals surface area contributed by atoms with Crippen molar-refractivity contribution >= 4 is 34.9 Å². The van der Waals surface area contributed by atoms with E-state index in [4.69, 9.17) is 9.47 Å². The largest absolute Gasteiger partial charge is 0.507 e. The van der Waals surface area contributed by atoms with Gasteiger partial charge in [0.2, 0.25) is 0 Å². The normalized spacial score (nSPS) is 26.7. The fourth-order valence-corrected chi connectivity index (χ4v) is 6.18. The molecule has 6 N–H and O–H groups in total. The lowest BCUT2D eigenvalue weighted by molar-refractivity contribution is -0.250. The van der Waals surface area contributed by atoms with Gasteiger partial charge in [0.1, 0.15) is 23.2 Å². The number of hydrogen-bond donors (Lipinski definition) is 6.